The lowest BCUT2D eigenvalue weighted by Crippen LogP contribution is -2.23. The summed E-state index contributed by atoms with van der Waals surface area (Å²) in [5.41, 5.74) is 1.08. The molecule has 0 aliphatic rings. The van der Waals surface area contributed by atoms with Gasteiger partial charge in [0, 0.05) is 6.04 Å². The second kappa shape index (κ2) is 7.75. The lowest BCUT2D eigenvalue weighted by molar-refractivity contribution is 0.375. The van der Waals surface area contributed by atoms with E-state index in [1.807, 2.05) is 6.07 Å². The number of halogens is 2. The van der Waals surface area contributed by atoms with Gasteiger partial charge in [-0.05, 0) is 36.6 Å². The summed E-state index contributed by atoms with van der Waals surface area (Å²) in [6.45, 7) is 7.43. The van der Waals surface area contributed by atoms with Gasteiger partial charge in [-0.25, -0.2) is 4.39 Å². The zero-order valence-electron chi connectivity index (χ0n) is 11.5. The van der Waals surface area contributed by atoms with Crippen molar-refractivity contribution >= 4 is 11.6 Å². The van der Waals surface area contributed by atoms with Crippen molar-refractivity contribution in [3.63, 3.8) is 0 Å². The van der Waals surface area contributed by atoms with Crippen LogP contribution in [0.15, 0.2) is 18.2 Å². The molecule has 0 radical (unpaired) electrons. The van der Waals surface area contributed by atoms with Gasteiger partial charge < -0.3 is 5.32 Å². The van der Waals surface area contributed by atoms with Crippen molar-refractivity contribution in [3.8, 4) is 0 Å². The van der Waals surface area contributed by atoms with E-state index in [2.05, 4.69) is 26.1 Å². The Labute approximate surface area is 115 Å². The summed E-state index contributed by atoms with van der Waals surface area (Å²) >= 11 is 5.86. The van der Waals surface area contributed by atoms with Crippen LogP contribution in [-0.4, -0.2) is 6.54 Å². The van der Waals surface area contributed by atoms with E-state index in [-0.39, 0.29) is 16.9 Å². The third-order valence-corrected chi connectivity index (χ3v) is 3.81. The second-order valence-corrected chi connectivity index (χ2v) is 5.11. The summed E-state index contributed by atoms with van der Waals surface area (Å²) in [5, 5.41) is 3.67. The molecule has 0 aliphatic heterocycles. The van der Waals surface area contributed by atoms with Gasteiger partial charge in [-0.1, -0.05) is 51.3 Å². The largest absolute Gasteiger partial charge is 0.310 e. The summed E-state index contributed by atoms with van der Waals surface area (Å²) in [5.74, 6) is 0.344. The quantitative estimate of drug-likeness (QED) is 0.739. The van der Waals surface area contributed by atoms with Crippen LogP contribution in [-0.2, 0) is 0 Å². The molecule has 0 aliphatic carbocycles. The Kier molecular flexibility index (Phi) is 6.66. The lowest BCUT2D eigenvalue weighted by Gasteiger charge is -2.23. The minimum atomic E-state index is -0.349. The Balaban J connectivity index is 2.85. The smallest absolute Gasteiger partial charge is 0.141 e. The molecule has 3 heteroatoms. The molecule has 1 N–H and O–H groups in total. The molecule has 0 heterocycles. The van der Waals surface area contributed by atoms with Crippen LogP contribution in [0.5, 0.6) is 0 Å². The average Bonchev–Trinajstić information content (AvgIpc) is 2.38. The predicted molar refractivity (Wildman–Crippen MR) is 76.5 cm³/mol. The molecule has 0 bridgehead atoms. The highest BCUT2D eigenvalue weighted by atomic mass is 35.5. The monoisotopic (exact) mass is 271 g/mol. The standard InChI is InChI=1S/C15H23ClFN/c1-4-11(5-2)9-15(18-6-3)12-7-8-14(17)13(16)10-12/h7-8,10-11,15,18H,4-6,9H2,1-3H3. The van der Waals surface area contributed by atoms with Crippen LogP contribution < -0.4 is 5.32 Å². The number of hydrogen-bond donors (Lipinski definition) is 1. The van der Waals surface area contributed by atoms with Crippen molar-refractivity contribution in [2.45, 2.75) is 46.1 Å². The van der Waals surface area contributed by atoms with Crippen molar-refractivity contribution in [2.75, 3.05) is 6.54 Å². The Hall–Kier alpha value is -0.600. The number of nitrogens with one attached hydrogen (secondary N) is 1. The van der Waals surface area contributed by atoms with E-state index in [1.54, 1.807) is 6.07 Å². The maximum absolute atomic E-state index is 13.2. The van der Waals surface area contributed by atoms with E-state index >= 15 is 0 Å². The fourth-order valence-corrected chi connectivity index (χ4v) is 2.46. The molecule has 0 saturated carbocycles. The predicted octanol–water partition coefficient (Wildman–Crippen LogP) is 4.96. The van der Waals surface area contributed by atoms with Gasteiger partial charge in [0.15, 0.2) is 0 Å². The van der Waals surface area contributed by atoms with Gasteiger partial charge in [-0.15, -0.1) is 0 Å². The highest BCUT2D eigenvalue weighted by molar-refractivity contribution is 6.30. The van der Waals surface area contributed by atoms with E-state index < -0.39 is 0 Å². The van der Waals surface area contributed by atoms with Gasteiger partial charge in [-0.2, -0.15) is 0 Å². The molecular formula is C15H23ClFN. The van der Waals surface area contributed by atoms with E-state index in [1.165, 1.54) is 18.9 Å². The molecule has 1 aromatic carbocycles. The molecule has 0 spiro atoms. The molecule has 1 unspecified atom stereocenters. The van der Waals surface area contributed by atoms with Gasteiger partial charge in [0.2, 0.25) is 0 Å². The second-order valence-electron chi connectivity index (χ2n) is 4.70. The molecule has 1 rings (SSSR count). The maximum atomic E-state index is 13.2. The topological polar surface area (TPSA) is 12.0 Å². The van der Waals surface area contributed by atoms with Crippen LogP contribution in [0.3, 0.4) is 0 Å². The average molecular weight is 272 g/mol. The minimum absolute atomic E-state index is 0.208. The summed E-state index contributed by atoms with van der Waals surface area (Å²) in [6.07, 6.45) is 3.42. The maximum Gasteiger partial charge on any atom is 0.141 e. The zero-order valence-corrected chi connectivity index (χ0v) is 12.2. The molecule has 0 saturated heterocycles. The van der Waals surface area contributed by atoms with Crippen molar-refractivity contribution in [3.05, 3.63) is 34.6 Å². The number of benzene rings is 1. The van der Waals surface area contributed by atoms with Crippen LogP contribution in [0.1, 0.15) is 51.6 Å². The Morgan fingerprint density at radius 1 is 1.22 bits per heavy atom. The van der Waals surface area contributed by atoms with Crippen molar-refractivity contribution in [1.29, 1.82) is 0 Å². The van der Waals surface area contributed by atoms with Gasteiger partial charge in [-0.3, -0.25) is 0 Å². The first kappa shape index (κ1) is 15.5. The van der Waals surface area contributed by atoms with E-state index in [0.29, 0.717) is 5.92 Å². The van der Waals surface area contributed by atoms with Gasteiger partial charge in [0.05, 0.1) is 5.02 Å². The third kappa shape index (κ3) is 4.25. The van der Waals surface area contributed by atoms with Crippen LogP contribution in [0.4, 0.5) is 4.39 Å². The lowest BCUT2D eigenvalue weighted by atomic mass is 9.91. The molecular weight excluding hydrogens is 249 g/mol. The van der Waals surface area contributed by atoms with Crippen LogP contribution >= 0.6 is 11.6 Å². The van der Waals surface area contributed by atoms with Crippen molar-refractivity contribution in [1.82, 2.24) is 5.32 Å². The number of hydrogen-bond acceptors (Lipinski definition) is 1. The third-order valence-electron chi connectivity index (χ3n) is 3.52. The van der Waals surface area contributed by atoms with Crippen LogP contribution in [0, 0.1) is 11.7 Å². The summed E-state index contributed by atoms with van der Waals surface area (Å²) in [6, 6.07) is 5.29. The van der Waals surface area contributed by atoms with Gasteiger partial charge in [0.25, 0.3) is 0 Å². The molecule has 1 aromatic rings. The van der Waals surface area contributed by atoms with Gasteiger partial charge in [0.1, 0.15) is 5.82 Å². The number of rotatable bonds is 7. The Bertz CT molecular complexity index is 364. The first-order valence-corrected chi connectivity index (χ1v) is 7.18. The first-order valence-electron chi connectivity index (χ1n) is 6.80. The Morgan fingerprint density at radius 2 is 1.89 bits per heavy atom. The zero-order chi connectivity index (χ0) is 13.5. The van der Waals surface area contributed by atoms with E-state index in [0.717, 1.165) is 18.5 Å². The highest BCUT2D eigenvalue weighted by Crippen LogP contribution is 2.27. The summed E-state index contributed by atoms with van der Waals surface area (Å²) in [4.78, 5) is 0. The molecule has 0 aromatic heterocycles. The first-order chi connectivity index (χ1) is 8.62. The summed E-state index contributed by atoms with van der Waals surface area (Å²) < 4.78 is 13.2. The molecule has 18 heavy (non-hydrogen) atoms. The molecule has 102 valence electrons. The SMILES string of the molecule is CCNC(CC(CC)CC)c1ccc(F)c(Cl)c1. The van der Waals surface area contributed by atoms with Crippen molar-refractivity contribution in [2.24, 2.45) is 5.92 Å². The normalized spacial score (nSPS) is 13.0. The fourth-order valence-electron chi connectivity index (χ4n) is 2.27. The van der Waals surface area contributed by atoms with Crippen LogP contribution in [0.25, 0.3) is 0 Å². The van der Waals surface area contributed by atoms with Crippen molar-refractivity contribution < 1.29 is 4.39 Å². The van der Waals surface area contributed by atoms with Crippen LogP contribution in [0.2, 0.25) is 5.02 Å². The molecule has 0 fully saturated rings. The van der Waals surface area contributed by atoms with Gasteiger partial charge >= 0.3 is 0 Å². The fraction of sp³-hybridized carbons (Fsp3) is 0.600. The molecule has 1 atom stereocenters. The molecule has 1 nitrogen and oxygen atoms in total. The minimum Gasteiger partial charge on any atom is -0.310 e. The molecule has 0 amide bonds. The van der Waals surface area contributed by atoms with E-state index in [9.17, 15) is 4.39 Å². The summed E-state index contributed by atoms with van der Waals surface area (Å²) in [7, 11) is 0. The van der Waals surface area contributed by atoms with E-state index in [4.69, 9.17) is 11.6 Å². The Morgan fingerprint density at radius 3 is 2.39 bits per heavy atom. The highest BCUT2D eigenvalue weighted by Gasteiger charge is 2.16.